The lowest BCUT2D eigenvalue weighted by molar-refractivity contribution is -0.132. The van der Waals surface area contributed by atoms with Gasteiger partial charge in [-0.15, -0.1) is 11.3 Å². The predicted molar refractivity (Wildman–Crippen MR) is 116 cm³/mol. The lowest BCUT2D eigenvalue weighted by atomic mass is 9.97. The zero-order chi connectivity index (χ0) is 21.8. The fourth-order valence-corrected chi connectivity index (χ4v) is 4.95. The van der Waals surface area contributed by atoms with Gasteiger partial charge in [-0.25, -0.2) is 13.8 Å². The summed E-state index contributed by atoms with van der Waals surface area (Å²) in [7, 11) is 0. The molecule has 0 saturated carbocycles. The standard InChI is InChI=1S/C23H23F2N3O2S/c24-16-7-8-17(18(25)14-16)22(30)26-11-3-6-21(29)28-12-9-15(10-13-28)23-27-19-4-1-2-5-20(19)31-23/h1-2,4-5,7-8,14-15H,3,6,9-13H2,(H,26,30). The molecule has 1 aliphatic heterocycles. The van der Waals surface area contributed by atoms with Gasteiger partial charge in [-0.05, 0) is 43.5 Å². The topological polar surface area (TPSA) is 62.3 Å². The summed E-state index contributed by atoms with van der Waals surface area (Å²) in [5.74, 6) is -1.80. The fraction of sp³-hybridized carbons (Fsp3) is 0.348. The number of nitrogens with one attached hydrogen (secondary N) is 1. The second kappa shape index (κ2) is 9.51. The van der Waals surface area contributed by atoms with E-state index in [1.807, 2.05) is 23.1 Å². The molecule has 2 aromatic carbocycles. The number of para-hydroxylation sites is 1. The molecule has 1 aromatic heterocycles. The van der Waals surface area contributed by atoms with Crippen LogP contribution in [0.2, 0.25) is 0 Å². The molecular weight excluding hydrogens is 420 g/mol. The molecule has 0 spiro atoms. The highest BCUT2D eigenvalue weighted by Gasteiger charge is 2.25. The number of carbonyl (C=O) groups is 2. The summed E-state index contributed by atoms with van der Waals surface area (Å²) in [5.41, 5.74) is 0.827. The van der Waals surface area contributed by atoms with Crippen LogP contribution in [0.3, 0.4) is 0 Å². The lowest BCUT2D eigenvalue weighted by Crippen LogP contribution is -2.38. The smallest absolute Gasteiger partial charge is 0.254 e. The monoisotopic (exact) mass is 443 g/mol. The first-order valence-corrected chi connectivity index (χ1v) is 11.2. The third-order valence-corrected chi connectivity index (χ3v) is 6.73. The molecule has 8 heteroatoms. The molecule has 0 radical (unpaired) electrons. The Morgan fingerprint density at radius 1 is 1.13 bits per heavy atom. The number of carbonyl (C=O) groups excluding carboxylic acids is 2. The molecule has 0 unspecified atom stereocenters. The molecule has 0 bridgehead atoms. The van der Waals surface area contributed by atoms with Gasteiger partial charge in [0, 0.05) is 38.0 Å². The highest BCUT2D eigenvalue weighted by Crippen LogP contribution is 2.33. The number of hydrogen-bond acceptors (Lipinski definition) is 4. The number of piperidine rings is 1. The van der Waals surface area contributed by atoms with Gasteiger partial charge >= 0.3 is 0 Å². The van der Waals surface area contributed by atoms with E-state index in [1.54, 1.807) is 11.3 Å². The Balaban J connectivity index is 1.20. The first-order valence-electron chi connectivity index (χ1n) is 10.4. The van der Waals surface area contributed by atoms with Crippen LogP contribution in [0.5, 0.6) is 0 Å². The zero-order valence-electron chi connectivity index (χ0n) is 16.9. The molecule has 1 fully saturated rings. The molecule has 0 aliphatic carbocycles. The average Bonchev–Trinajstić information content (AvgIpc) is 3.21. The molecule has 3 aromatic rings. The second-order valence-electron chi connectivity index (χ2n) is 7.66. The number of hydrogen-bond donors (Lipinski definition) is 1. The van der Waals surface area contributed by atoms with E-state index in [9.17, 15) is 18.4 Å². The molecule has 2 amide bonds. The Kier molecular flexibility index (Phi) is 6.56. The SMILES string of the molecule is O=C(NCCCC(=O)N1CCC(c2nc3ccccc3s2)CC1)c1ccc(F)cc1F. The molecule has 31 heavy (non-hydrogen) atoms. The average molecular weight is 444 g/mol. The Morgan fingerprint density at radius 2 is 1.90 bits per heavy atom. The number of halogens is 2. The van der Waals surface area contributed by atoms with Crippen LogP contribution < -0.4 is 5.32 Å². The second-order valence-corrected chi connectivity index (χ2v) is 8.72. The Hall–Kier alpha value is -2.87. The quantitative estimate of drug-likeness (QED) is 0.571. The first kappa shape index (κ1) is 21.4. The van der Waals surface area contributed by atoms with E-state index >= 15 is 0 Å². The molecule has 162 valence electrons. The summed E-state index contributed by atoms with van der Waals surface area (Å²) in [6, 6.07) is 10.9. The largest absolute Gasteiger partial charge is 0.352 e. The third kappa shape index (κ3) is 5.07. The maximum atomic E-state index is 13.6. The van der Waals surface area contributed by atoms with Crippen molar-refractivity contribution in [2.75, 3.05) is 19.6 Å². The van der Waals surface area contributed by atoms with Crippen LogP contribution in [0.1, 0.15) is 47.0 Å². The number of amides is 2. The summed E-state index contributed by atoms with van der Waals surface area (Å²) in [6.45, 7) is 1.66. The number of benzene rings is 2. The van der Waals surface area contributed by atoms with E-state index < -0.39 is 17.5 Å². The van der Waals surface area contributed by atoms with E-state index in [1.165, 1.54) is 4.70 Å². The van der Waals surface area contributed by atoms with Crippen molar-refractivity contribution in [3.63, 3.8) is 0 Å². The molecule has 2 heterocycles. The van der Waals surface area contributed by atoms with Crippen LogP contribution in [-0.4, -0.2) is 41.3 Å². The zero-order valence-corrected chi connectivity index (χ0v) is 17.8. The number of likely N-dealkylation sites (tertiary alicyclic amines) is 1. The Labute approximate surface area is 183 Å². The van der Waals surface area contributed by atoms with Crippen LogP contribution in [-0.2, 0) is 4.79 Å². The van der Waals surface area contributed by atoms with Crippen LogP contribution in [0, 0.1) is 11.6 Å². The van der Waals surface area contributed by atoms with Crippen molar-refractivity contribution in [3.05, 3.63) is 64.7 Å². The van der Waals surface area contributed by atoms with E-state index in [0.717, 1.165) is 35.5 Å². The molecular formula is C23H23F2N3O2S. The van der Waals surface area contributed by atoms with Gasteiger partial charge in [0.05, 0.1) is 20.8 Å². The normalized spacial score (nSPS) is 14.7. The molecule has 1 aliphatic rings. The highest BCUT2D eigenvalue weighted by molar-refractivity contribution is 7.18. The number of thiazole rings is 1. The number of nitrogens with zero attached hydrogens (tertiary/aromatic N) is 2. The summed E-state index contributed by atoms with van der Waals surface area (Å²) in [5, 5.41) is 3.72. The van der Waals surface area contributed by atoms with Crippen LogP contribution in [0.4, 0.5) is 8.78 Å². The van der Waals surface area contributed by atoms with Crippen LogP contribution in [0.15, 0.2) is 42.5 Å². The number of rotatable bonds is 6. The van der Waals surface area contributed by atoms with Crippen molar-refractivity contribution < 1.29 is 18.4 Å². The van der Waals surface area contributed by atoms with Gasteiger partial charge in [0.25, 0.3) is 5.91 Å². The van der Waals surface area contributed by atoms with Crippen molar-refractivity contribution in [1.82, 2.24) is 15.2 Å². The summed E-state index contributed by atoms with van der Waals surface area (Å²) >= 11 is 1.73. The van der Waals surface area contributed by atoms with E-state index in [0.29, 0.717) is 37.9 Å². The Bertz CT molecular complexity index is 1060. The third-order valence-electron chi connectivity index (χ3n) is 5.54. The van der Waals surface area contributed by atoms with Crippen molar-refractivity contribution in [3.8, 4) is 0 Å². The molecule has 4 rings (SSSR count). The van der Waals surface area contributed by atoms with Gasteiger partial charge in [0.1, 0.15) is 11.6 Å². The molecule has 1 N–H and O–H groups in total. The maximum absolute atomic E-state index is 13.6. The van der Waals surface area contributed by atoms with Gasteiger partial charge < -0.3 is 10.2 Å². The molecule has 0 atom stereocenters. The summed E-state index contributed by atoms with van der Waals surface area (Å²) in [4.78, 5) is 31.1. The first-order chi connectivity index (χ1) is 15.0. The minimum absolute atomic E-state index is 0.0601. The Morgan fingerprint density at radius 3 is 2.65 bits per heavy atom. The molecule has 1 saturated heterocycles. The van der Waals surface area contributed by atoms with Crippen molar-refractivity contribution in [2.45, 2.75) is 31.6 Å². The van der Waals surface area contributed by atoms with E-state index in [2.05, 4.69) is 11.4 Å². The predicted octanol–water partition coefficient (Wildman–Crippen LogP) is 4.49. The number of fused-ring (bicyclic) bond motifs is 1. The number of aromatic nitrogens is 1. The van der Waals surface area contributed by atoms with Gasteiger partial charge in [-0.2, -0.15) is 0 Å². The van der Waals surface area contributed by atoms with Gasteiger partial charge in [-0.1, -0.05) is 12.1 Å². The molecule has 5 nitrogen and oxygen atoms in total. The highest BCUT2D eigenvalue weighted by atomic mass is 32.1. The minimum atomic E-state index is -0.899. The van der Waals surface area contributed by atoms with E-state index in [-0.39, 0.29) is 18.0 Å². The van der Waals surface area contributed by atoms with Gasteiger partial charge in [0.15, 0.2) is 0 Å². The van der Waals surface area contributed by atoms with Crippen LogP contribution in [0.25, 0.3) is 10.2 Å². The fourth-order valence-electron chi connectivity index (χ4n) is 3.81. The van der Waals surface area contributed by atoms with Crippen molar-refractivity contribution >= 4 is 33.4 Å². The maximum Gasteiger partial charge on any atom is 0.254 e. The summed E-state index contributed by atoms with van der Waals surface area (Å²) < 4.78 is 27.8. The van der Waals surface area contributed by atoms with Crippen LogP contribution >= 0.6 is 11.3 Å². The van der Waals surface area contributed by atoms with Gasteiger partial charge in [0.2, 0.25) is 5.91 Å². The van der Waals surface area contributed by atoms with Gasteiger partial charge in [-0.3, -0.25) is 9.59 Å². The summed E-state index contributed by atoms with van der Waals surface area (Å²) in [6.07, 6.45) is 2.57. The lowest BCUT2D eigenvalue weighted by Gasteiger charge is -2.31. The van der Waals surface area contributed by atoms with Crippen molar-refractivity contribution in [2.24, 2.45) is 0 Å². The van der Waals surface area contributed by atoms with Crippen molar-refractivity contribution in [1.29, 1.82) is 0 Å². The van der Waals surface area contributed by atoms with E-state index in [4.69, 9.17) is 4.98 Å². The minimum Gasteiger partial charge on any atom is -0.352 e.